The maximum Gasteiger partial charge on any atom is 0.128 e. The van der Waals surface area contributed by atoms with E-state index >= 15 is 0 Å². The minimum absolute atomic E-state index is 0.121. The number of hydrogen-bond acceptors (Lipinski definition) is 8. The molecule has 9 heteroatoms. The molecular weight excluding hydrogens is 418 g/mol. The van der Waals surface area contributed by atoms with Crippen molar-refractivity contribution >= 4 is 23.2 Å². The van der Waals surface area contributed by atoms with Gasteiger partial charge in [-0.3, -0.25) is 0 Å². The van der Waals surface area contributed by atoms with Crippen molar-refractivity contribution < 1.29 is 14.6 Å². The Labute approximate surface area is 187 Å². The van der Waals surface area contributed by atoms with Crippen LogP contribution in [0.15, 0.2) is 30.5 Å². The van der Waals surface area contributed by atoms with Crippen molar-refractivity contribution in [1.82, 2.24) is 15.3 Å². The van der Waals surface area contributed by atoms with E-state index in [1.807, 2.05) is 24.3 Å². The standard InChI is InChI=1S/C22H30ClN5O3/c23-18-11-26-22(27-14-31-13-16-10-24-12-20(16)29)8-17(18)19-2-1-3-21(28-19)25-9-15-4-6-30-7-5-15/h1-3,8,11,15-16,20,24,29H,4-7,9-10,12-14H2,(H,25,28)(H,26,27). The first-order valence-electron chi connectivity index (χ1n) is 10.8. The molecule has 168 valence electrons. The fourth-order valence-corrected chi connectivity index (χ4v) is 4.04. The maximum absolute atomic E-state index is 9.83. The second-order valence-electron chi connectivity index (χ2n) is 8.07. The first kappa shape index (κ1) is 22.2. The second kappa shape index (κ2) is 11.1. The zero-order chi connectivity index (χ0) is 21.5. The molecule has 2 aliphatic heterocycles. The summed E-state index contributed by atoms with van der Waals surface area (Å²) in [7, 11) is 0. The number of aliphatic hydroxyl groups is 1. The van der Waals surface area contributed by atoms with Crippen molar-refractivity contribution in [3.63, 3.8) is 0 Å². The minimum Gasteiger partial charge on any atom is -0.391 e. The zero-order valence-corrected chi connectivity index (χ0v) is 18.3. The molecule has 0 aliphatic carbocycles. The van der Waals surface area contributed by atoms with Crippen molar-refractivity contribution in [2.75, 3.05) is 56.8 Å². The number of β-amino-alcohol motifs (C(OH)–C–C–N with tert-alkyl or cyclic N) is 1. The highest BCUT2D eigenvalue weighted by Crippen LogP contribution is 2.29. The Morgan fingerprint density at radius 3 is 2.87 bits per heavy atom. The van der Waals surface area contributed by atoms with Crippen molar-refractivity contribution in [2.45, 2.75) is 18.9 Å². The zero-order valence-electron chi connectivity index (χ0n) is 17.5. The van der Waals surface area contributed by atoms with E-state index in [1.54, 1.807) is 6.20 Å². The largest absolute Gasteiger partial charge is 0.391 e. The first-order chi connectivity index (χ1) is 15.2. The molecular formula is C22H30ClN5O3. The van der Waals surface area contributed by atoms with Gasteiger partial charge in [-0.25, -0.2) is 9.97 Å². The Kier molecular flexibility index (Phi) is 7.93. The number of nitrogens with one attached hydrogen (secondary N) is 3. The van der Waals surface area contributed by atoms with Gasteiger partial charge in [-0.1, -0.05) is 17.7 Å². The summed E-state index contributed by atoms with van der Waals surface area (Å²) < 4.78 is 11.1. The molecule has 2 unspecified atom stereocenters. The van der Waals surface area contributed by atoms with Crippen LogP contribution >= 0.6 is 11.6 Å². The predicted molar refractivity (Wildman–Crippen MR) is 121 cm³/mol. The summed E-state index contributed by atoms with van der Waals surface area (Å²) >= 11 is 6.41. The van der Waals surface area contributed by atoms with Gasteiger partial charge in [0.2, 0.25) is 0 Å². The molecule has 2 aliphatic rings. The topological polar surface area (TPSA) is 101 Å². The molecule has 2 atom stereocenters. The number of rotatable bonds is 9. The average Bonchev–Trinajstić information content (AvgIpc) is 3.22. The lowest BCUT2D eigenvalue weighted by molar-refractivity contribution is 0.0608. The Morgan fingerprint density at radius 1 is 1.19 bits per heavy atom. The molecule has 0 amide bonds. The van der Waals surface area contributed by atoms with E-state index < -0.39 is 0 Å². The number of hydrogen-bond donors (Lipinski definition) is 4. The summed E-state index contributed by atoms with van der Waals surface area (Å²) in [6, 6.07) is 7.76. The number of anilines is 2. The molecule has 4 heterocycles. The summed E-state index contributed by atoms with van der Waals surface area (Å²) in [5.74, 6) is 2.22. The third kappa shape index (κ3) is 6.27. The van der Waals surface area contributed by atoms with Gasteiger partial charge in [0.25, 0.3) is 0 Å². The van der Waals surface area contributed by atoms with Gasteiger partial charge < -0.3 is 30.5 Å². The van der Waals surface area contributed by atoms with Crippen LogP contribution in [0.25, 0.3) is 11.3 Å². The molecule has 4 rings (SSSR count). The Bertz CT molecular complexity index is 850. The maximum atomic E-state index is 9.83. The predicted octanol–water partition coefficient (Wildman–Crippen LogP) is 2.60. The Morgan fingerprint density at radius 2 is 2.06 bits per heavy atom. The Hall–Kier alpha value is -1.97. The molecule has 0 saturated carbocycles. The van der Waals surface area contributed by atoms with Crippen molar-refractivity contribution in [3.05, 3.63) is 35.5 Å². The van der Waals surface area contributed by atoms with E-state index in [0.29, 0.717) is 36.6 Å². The highest BCUT2D eigenvalue weighted by atomic mass is 35.5. The van der Waals surface area contributed by atoms with Crippen LogP contribution in [-0.4, -0.2) is 67.4 Å². The summed E-state index contributed by atoms with van der Waals surface area (Å²) in [6.07, 6.45) is 3.43. The van der Waals surface area contributed by atoms with Crippen molar-refractivity contribution in [3.8, 4) is 11.3 Å². The van der Waals surface area contributed by atoms with Gasteiger partial charge in [-0.2, -0.15) is 0 Å². The van der Waals surface area contributed by atoms with Gasteiger partial charge in [-0.05, 0) is 37.0 Å². The molecule has 8 nitrogen and oxygen atoms in total. The van der Waals surface area contributed by atoms with E-state index in [0.717, 1.165) is 56.2 Å². The monoisotopic (exact) mass is 447 g/mol. The second-order valence-corrected chi connectivity index (χ2v) is 8.48. The lowest BCUT2D eigenvalue weighted by Gasteiger charge is -2.22. The van der Waals surface area contributed by atoms with E-state index in [4.69, 9.17) is 26.1 Å². The first-order valence-corrected chi connectivity index (χ1v) is 11.2. The van der Waals surface area contributed by atoms with Crippen LogP contribution < -0.4 is 16.0 Å². The number of pyridine rings is 2. The van der Waals surface area contributed by atoms with Crippen LogP contribution in [0.1, 0.15) is 12.8 Å². The van der Waals surface area contributed by atoms with E-state index in [-0.39, 0.29) is 12.0 Å². The smallest absolute Gasteiger partial charge is 0.128 e. The van der Waals surface area contributed by atoms with Crippen LogP contribution in [-0.2, 0) is 9.47 Å². The fraction of sp³-hybridized carbons (Fsp3) is 0.545. The van der Waals surface area contributed by atoms with Gasteiger partial charge >= 0.3 is 0 Å². The van der Waals surface area contributed by atoms with E-state index in [2.05, 4.69) is 20.9 Å². The number of aliphatic hydroxyl groups excluding tert-OH is 1. The fourth-order valence-electron chi connectivity index (χ4n) is 3.84. The molecule has 2 aromatic heterocycles. The lowest BCUT2D eigenvalue weighted by atomic mass is 10.0. The molecule has 0 aromatic carbocycles. The third-order valence-corrected chi connectivity index (χ3v) is 6.09. The average molecular weight is 448 g/mol. The quantitative estimate of drug-likeness (QED) is 0.344. The molecule has 2 fully saturated rings. The third-order valence-electron chi connectivity index (χ3n) is 5.78. The molecule has 4 N–H and O–H groups in total. The van der Waals surface area contributed by atoms with Gasteiger partial charge in [-0.15, -0.1) is 0 Å². The lowest BCUT2D eigenvalue weighted by Crippen LogP contribution is -2.24. The highest BCUT2D eigenvalue weighted by Gasteiger charge is 2.24. The molecule has 0 spiro atoms. The van der Waals surface area contributed by atoms with Crippen LogP contribution in [0, 0.1) is 11.8 Å². The van der Waals surface area contributed by atoms with Crippen molar-refractivity contribution in [1.29, 1.82) is 0 Å². The van der Waals surface area contributed by atoms with Crippen LogP contribution in [0.5, 0.6) is 0 Å². The molecule has 0 radical (unpaired) electrons. The van der Waals surface area contributed by atoms with Crippen LogP contribution in [0.4, 0.5) is 11.6 Å². The number of aromatic nitrogens is 2. The Balaban J connectivity index is 1.33. The highest BCUT2D eigenvalue weighted by molar-refractivity contribution is 6.33. The number of halogens is 1. The van der Waals surface area contributed by atoms with E-state index in [9.17, 15) is 5.11 Å². The number of nitrogens with zero attached hydrogens (tertiary/aromatic N) is 2. The summed E-state index contributed by atoms with van der Waals surface area (Å²) in [5.41, 5.74) is 1.60. The van der Waals surface area contributed by atoms with Crippen molar-refractivity contribution in [2.24, 2.45) is 11.8 Å². The van der Waals surface area contributed by atoms with Crippen LogP contribution in [0.2, 0.25) is 5.02 Å². The van der Waals surface area contributed by atoms with E-state index in [1.165, 1.54) is 0 Å². The molecule has 2 saturated heterocycles. The molecule has 0 bridgehead atoms. The summed E-state index contributed by atoms with van der Waals surface area (Å²) in [4.78, 5) is 9.07. The SMILES string of the molecule is OC1CNCC1COCNc1cc(-c2cccc(NCC3CCOCC3)n2)c(Cl)cn1. The minimum atomic E-state index is -0.348. The van der Waals surface area contributed by atoms with Gasteiger partial charge in [0.1, 0.15) is 18.4 Å². The molecule has 31 heavy (non-hydrogen) atoms. The van der Waals surface area contributed by atoms with Gasteiger partial charge in [0.05, 0.1) is 23.4 Å². The number of ether oxygens (including phenoxy) is 2. The van der Waals surface area contributed by atoms with Gasteiger partial charge in [0.15, 0.2) is 0 Å². The normalized spacial score (nSPS) is 21.9. The van der Waals surface area contributed by atoms with Gasteiger partial charge in [0, 0.05) is 50.5 Å². The van der Waals surface area contributed by atoms with Crippen LogP contribution in [0.3, 0.4) is 0 Å². The molecule has 2 aromatic rings. The summed E-state index contributed by atoms with van der Waals surface area (Å²) in [5, 5.41) is 20.1. The summed E-state index contributed by atoms with van der Waals surface area (Å²) in [6.45, 7) is 4.75.